The second-order valence-electron chi connectivity index (χ2n) is 5.76. The van der Waals surface area contributed by atoms with E-state index in [-0.39, 0.29) is 11.9 Å². The Morgan fingerprint density at radius 3 is 2.62 bits per heavy atom. The Labute approximate surface area is 124 Å². The number of amides is 2. The molecule has 1 heterocycles. The van der Waals surface area contributed by atoms with Crippen molar-refractivity contribution in [1.82, 2.24) is 0 Å². The summed E-state index contributed by atoms with van der Waals surface area (Å²) < 4.78 is 5.03. The van der Waals surface area contributed by atoms with Crippen LogP contribution in [0.5, 0.6) is 0 Å². The van der Waals surface area contributed by atoms with Gasteiger partial charge in [-0.05, 0) is 24.5 Å². The van der Waals surface area contributed by atoms with Crippen molar-refractivity contribution in [3.63, 3.8) is 0 Å². The molecule has 5 heteroatoms. The van der Waals surface area contributed by atoms with Gasteiger partial charge in [0.1, 0.15) is 0 Å². The summed E-state index contributed by atoms with van der Waals surface area (Å²) in [6, 6.07) is 8.04. The normalized spacial score (nSPS) is 22.8. The van der Waals surface area contributed by atoms with Crippen molar-refractivity contribution >= 4 is 17.7 Å². The van der Waals surface area contributed by atoms with Crippen molar-refractivity contribution in [2.45, 2.75) is 50.7 Å². The summed E-state index contributed by atoms with van der Waals surface area (Å²) >= 11 is 0. The number of carbonyl (C=O) groups is 2. The number of carbonyl (C=O) groups excluding carboxylic acids is 2. The standard InChI is InChI=1S/C16H20N2O3/c17-16(20)21-14-10-11-6-4-5-9-13(11)18(15(14)19)12-7-2-1-3-8-12/h4-6,9,12,14H,1-3,7-8,10H2,(H2,17,20). The van der Waals surface area contributed by atoms with Gasteiger partial charge in [-0.15, -0.1) is 0 Å². The van der Waals surface area contributed by atoms with Crippen molar-refractivity contribution in [3.05, 3.63) is 29.8 Å². The molecule has 1 aliphatic heterocycles. The van der Waals surface area contributed by atoms with E-state index < -0.39 is 12.2 Å². The minimum absolute atomic E-state index is 0.139. The Balaban J connectivity index is 1.94. The fraction of sp³-hybridized carbons (Fsp3) is 0.500. The Hall–Kier alpha value is -2.04. The number of ether oxygens (including phenoxy) is 1. The van der Waals surface area contributed by atoms with Crippen LogP contribution in [-0.4, -0.2) is 24.1 Å². The van der Waals surface area contributed by atoms with Crippen LogP contribution in [0.25, 0.3) is 0 Å². The van der Waals surface area contributed by atoms with Gasteiger partial charge in [0.05, 0.1) is 0 Å². The first-order valence-electron chi connectivity index (χ1n) is 7.54. The van der Waals surface area contributed by atoms with Crippen LogP contribution in [0.15, 0.2) is 24.3 Å². The second-order valence-corrected chi connectivity index (χ2v) is 5.76. The third-order valence-corrected chi connectivity index (χ3v) is 4.37. The molecule has 2 aliphatic rings. The molecule has 3 rings (SSSR count). The Bertz CT molecular complexity index is 552. The molecule has 1 saturated carbocycles. The van der Waals surface area contributed by atoms with Crippen molar-refractivity contribution < 1.29 is 14.3 Å². The van der Waals surface area contributed by atoms with Gasteiger partial charge in [-0.3, -0.25) is 4.79 Å². The van der Waals surface area contributed by atoms with E-state index in [0.717, 1.165) is 36.9 Å². The molecule has 0 spiro atoms. The summed E-state index contributed by atoms with van der Waals surface area (Å²) in [5, 5.41) is 0. The Morgan fingerprint density at radius 1 is 1.19 bits per heavy atom. The number of benzene rings is 1. The third-order valence-electron chi connectivity index (χ3n) is 4.37. The number of primary amides is 1. The molecule has 5 nitrogen and oxygen atoms in total. The molecule has 0 bridgehead atoms. The number of nitrogens with zero attached hydrogens (tertiary/aromatic N) is 1. The lowest BCUT2D eigenvalue weighted by Gasteiger charge is -2.40. The van der Waals surface area contributed by atoms with Crippen LogP contribution in [-0.2, 0) is 16.0 Å². The maximum absolute atomic E-state index is 12.7. The van der Waals surface area contributed by atoms with Gasteiger partial charge in [-0.2, -0.15) is 0 Å². The molecule has 112 valence electrons. The van der Waals surface area contributed by atoms with Crippen molar-refractivity contribution in [2.75, 3.05) is 4.90 Å². The maximum Gasteiger partial charge on any atom is 0.405 e. The number of anilines is 1. The summed E-state index contributed by atoms with van der Waals surface area (Å²) in [5.41, 5.74) is 7.09. The van der Waals surface area contributed by atoms with Crippen LogP contribution in [0.4, 0.5) is 10.5 Å². The quantitative estimate of drug-likeness (QED) is 0.908. The van der Waals surface area contributed by atoms with Gasteiger partial charge in [-0.1, -0.05) is 37.5 Å². The lowest BCUT2D eigenvalue weighted by Crippen LogP contribution is -2.52. The van der Waals surface area contributed by atoms with Gasteiger partial charge in [0, 0.05) is 18.2 Å². The Morgan fingerprint density at radius 2 is 1.90 bits per heavy atom. The van der Waals surface area contributed by atoms with Gasteiger partial charge in [0.25, 0.3) is 5.91 Å². The molecule has 1 fully saturated rings. The minimum atomic E-state index is -0.892. The molecule has 1 atom stereocenters. The second kappa shape index (κ2) is 5.76. The number of para-hydroxylation sites is 1. The first-order valence-corrected chi connectivity index (χ1v) is 7.54. The molecule has 1 aliphatic carbocycles. The first kappa shape index (κ1) is 13.9. The van der Waals surface area contributed by atoms with Gasteiger partial charge < -0.3 is 15.4 Å². The van der Waals surface area contributed by atoms with E-state index in [2.05, 4.69) is 0 Å². The molecule has 0 aromatic heterocycles. The molecule has 0 saturated heterocycles. The van der Waals surface area contributed by atoms with Gasteiger partial charge in [0.2, 0.25) is 0 Å². The van der Waals surface area contributed by atoms with Crippen molar-refractivity contribution in [1.29, 1.82) is 0 Å². The third kappa shape index (κ3) is 2.73. The first-order chi connectivity index (χ1) is 10.2. The van der Waals surface area contributed by atoms with Crippen LogP contribution in [0.3, 0.4) is 0 Å². The monoisotopic (exact) mass is 288 g/mol. The number of fused-ring (bicyclic) bond motifs is 1. The predicted molar refractivity (Wildman–Crippen MR) is 79.0 cm³/mol. The molecule has 1 unspecified atom stereocenters. The topological polar surface area (TPSA) is 72.6 Å². The minimum Gasteiger partial charge on any atom is -0.436 e. The van der Waals surface area contributed by atoms with Crippen LogP contribution in [0.2, 0.25) is 0 Å². The highest BCUT2D eigenvalue weighted by atomic mass is 16.6. The van der Waals surface area contributed by atoms with E-state index in [0.29, 0.717) is 6.42 Å². The molecular formula is C16H20N2O3. The fourth-order valence-electron chi connectivity index (χ4n) is 3.43. The average molecular weight is 288 g/mol. The van der Waals surface area contributed by atoms with Gasteiger partial charge >= 0.3 is 6.09 Å². The molecule has 1 aromatic rings. The predicted octanol–water partition coefficient (Wildman–Crippen LogP) is 2.37. The Kier molecular flexibility index (Phi) is 3.82. The van der Waals surface area contributed by atoms with Crippen molar-refractivity contribution in [3.8, 4) is 0 Å². The zero-order valence-corrected chi connectivity index (χ0v) is 12.0. The van der Waals surface area contributed by atoms with E-state index in [1.54, 1.807) is 0 Å². The zero-order chi connectivity index (χ0) is 14.8. The molecule has 1 aromatic carbocycles. The molecular weight excluding hydrogens is 268 g/mol. The summed E-state index contributed by atoms with van der Waals surface area (Å²) in [5.74, 6) is -0.139. The number of rotatable bonds is 2. The van der Waals surface area contributed by atoms with Gasteiger partial charge in [-0.25, -0.2) is 4.79 Å². The van der Waals surface area contributed by atoms with E-state index in [4.69, 9.17) is 10.5 Å². The lowest BCUT2D eigenvalue weighted by molar-refractivity contribution is -0.127. The van der Waals surface area contributed by atoms with Crippen LogP contribution >= 0.6 is 0 Å². The zero-order valence-electron chi connectivity index (χ0n) is 12.0. The highest BCUT2D eigenvalue weighted by Crippen LogP contribution is 2.34. The summed E-state index contributed by atoms with van der Waals surface area (Å²) in [7, 11) is 0. The van der Waals surface area contributed by atoms with E-state index in [1.165, 1.54) is 6.42 Å². The van der Waals surface area contributed by atoms with E-state index >= 15 is 0 Å². The largest absolute Gasteiger partial charge is 0.436 e. The lowest BCUT2D eigenvalue weighted by atomic mass is 9.90. The maximum atomic E-state index is 12.7. The molecule has 2 N–H and O–H groups in total. The number of hydrogen-bond acceptors (Lipinski definition) is 3. The average Bonchev–Trinajstić information content (AvgIpc) is 2.48. The van der Waals surface area contributed by atoms with E-state index in [9.17, 15) is 9.59 Å². The molecule has 2 amide bonds. The fourth-order valence-corrected chi connectivity index (χ4v) is 3.43. The van der Waals surface area contributed by atoms with Crippen LogP contribution in [0, 0.1) is 0 Å². The molecule has 0 radical (unpaired) electrons. The highest BCUT2D eigenvalue weighted by Gasteiger charge is 2.38. The summed E-state index contributed by atoms with van der Waals surface area (Å²) in [6.45, 7) is 0. The number of hydrogen-bond donors (Lipinski definition) is 1. The SMILES string of the molecule is NC(=O)OC1Cc2ccccc2N(C2CCCCC2)C1=O. The summed E-state index contributed by atoms with van der Waals surface area (Å²) in [6.07, 6.45) is 4.22. The van der Waals surface area contributed by atoms with Crippen LogP contribution < -0.4 is 10.6 Å². The van der Waals surface area contributed by atoms with E-state index in [1.807, 2.05) is 29.2 Å². The molecule has 21 heavy (non-hydrogen) atoms. The van der Waals surface area contributed by atoms with Crippen LogP contribution in [0.1, 0.15) is 37.7 Å². The number of nitrogens with two attached hydrogens (primary N) is 1. The smallest absolute Gasteiger partial charge is 0.405 e. The van der Waals surface area contributed by atoms with Crippen molar-refractivity contribution in [2.24, 2.45) is 5.73 Å². The van der Waals surface area contributed by atoms with Gasteiger partial charge in [0.15, 0.2) is 6.10 Å². The highest BCUT2D eigenvalue weighted by molar-refractivity contribution is 6.01. The summed E-state index contributed by atoms with van der Waals surface area (Å²) in [4.78, 5) is 25.6.